The molecule has 0 radical (unpaired) electrons. The molecule has 3 nitrogen and oxygen atoms in total. The summed E-state index contributed by atoms with van der Waals surface area (Å²) in [4.78, 5) is 0. The Morgan fingerprint density at radius 1 is 1.62 bits per heavy atom. The van der Waals surface area contributed by atoms with Crippen molar-refractivity contribution in [3.05, 3.63) is 23.7 Å². The van der Waals surface area contributed by atoms with E-state index in [1.807, 2.05) is 6.07 Å². The molecule has 0 fully saturated rings. The largest absolute Gasteiger partial charge is 0.469 e. The van der Waals surface area contributed by atoms with Crippen LogP contribution < -0.4 is 5.73 Å². The van der Waals surface area contributed by atoms with Crippen LogP contribution in [-0.4, -0.2) is 11.7 Å². The first-order valence-electron chi connectivity index (χ1n) is 4.75. The Kier molecular flexibility index (Phi) is 2.38. The molecule has 72 valence electrons. The van der Waals surface area contributed by atoms with Crippen LogP contribution in [0.25, 0.3) is 0 Å². The highest BCUT2D eigenvalue weighted by Crippen LogP contribution is 2.34. The standard InChI is InChI=1S/C10H15NO2/c11-3-1-7-5-9(12)8-2-4-13-10(8)6-7/h2,4,7,9,12H,1,3,5-6,11H2. The summed E-state index contributed by atoms with van der Waals surface area (Å²) < 4.78 is 5.30. The number of hydrogen-bond donors (Lipinski definition) is 2. The van der Waals surface area contributed by atoms with E-state index in [0.717, 1.165) is 30.6 Å². The molecule has 1 aliphatic carbocycles. The molecule has 1 aromatic heterocycles. The van der Waals surface area contributed by atoms with Gasteiger partial charge in [0, 0.05) is 12.0 Å². The number of rotatable bonds is 2. The Bertz CT molecular complexity index is 282. The van der Waals surface area contributed by atoms with Crippen LogP contribution in [-0.2, 0) is 6.42 Å². The van der Waals surface area contributed by atoms with Gasteiger partial charge in [0.2, 0.25) is 0 Å². The predicted octanol–water partition coefficient (Wildman–Crippen LogP) is 1.22. The van der Waals surface area contributed by atoms with Crippen LogP contribution in [0.4, 0.5) is 0 Å². The SMILES string of the molecule is NCCC1Cc2occc2C(O)C1. The van der Waals surface area contributed by atoms with Crippen LogP contribution in [0.1, 0.15) is 30.3 Å². The van der Waals surface area contributed by atoms with E-state index in [1.54, 1.807) is 6.26 Å². The fraction of sp³-hybridized carbons (Fsp3) is 0.600. The number of fused-ring (bicyclic) bond motifs is 1. The quantitative estimate of drug-likeness (QED) is 0.721. The lowest BCUT2D eigenvalue weighted by Gasteiger charge is -2.24. The van der Waals surface area contributed by atoms with Crippen molar-refractivity contribution in [2.45, 2.75) is 25.4 Å². The molecule has 1 aliphatic rings. The number of aliphatic hydroxyl groups is 1. The highest BCUT2D eigenvalue weighted by molar-refractivity contribution is 5.23. The van der Waals surface area contributed by atoms with E-state index in [4.69, 9.17) is 10.2 Å². The van der Waals surface area contributed by atoms with Crippen molar-refractivity contribution in [3.63, 3.8) is 0 Å². The predicted molar refractivity (Wildman–Crippen MR) is 49.2 cm³/mol. The van der Waals surface area contributed by atoms with Gasteiger partial charge in [-0.15, -0.1) is 0 Å². The molecule has 3 N–H and O–H groups in total. The van der Waals surface area contributed by atoms with Crippen molar-refractivity contribution < 1.29 is 9.52 Å². The van der Waals surface area contributed by atoms with E-state index in [2.05, 4.69) is 0 Å². The lowest BCUT2D eigenvalue weighted by atomic mass is 9.84. The molecule has 2 atom stereocenters. The molecular weight excluding hydrogens is 166 g/mol. The normalized spacial score (nSPS) is 27.2. The molecule has 1 aromatic rings. The Labute approximate surface area is 77.5 Å². The average molecular weight is 181 g/mol. The monoisotopic (exact) mass is 181 g/mol. The number of hydrogen-bond acceptors (Lipinski definition) is 3. The van der Waals surface area contributed by atoms with E-state index < -0.39 is 0 Å². The second-order valence-electron chi connectivity index (χ2n) is 3.70. The molecular formula is C10H15NO2. The van der Waals surface area contributed by atoms with Gasteiger partial charge in [-0.05, 0) is 31.4 Å². The van der Waals surface area contributed by atoms with Gasteiger partial charge in [-0.1, -0.05) is 0 Å². The van der Waals surface area contributed by atoms with Gasteiger partial charge in [-0.2, -0.15) is 0 Å². The van der Waals surface area contributed by atoms with Gasteiger partial charge in [0.05, 0.1) is 12.4 Å². The second kappa shape index (κ2) is 3.52. The van der Waals surface area contributed by atoms with Crippen LogP contribution in [0.15, 0.2) is 16.7 Å². The summed E-state index contributed by atoms with van der Waals surface area (Å²) in [6.07, 6.45) is 4.02. The summed E-state index contributed by atoms with van der Waals surface area (Å²) >= 11 is 0. The minimum atomic E-state index is -0.348. The third-order valence-corrected chi connectivity index (χ3v) is 2.74. The highest BCUT2D eigenvalue weighted by atomic mass is 16.3. The first-order chi connectivity index (χ1) is 6.31. The number of nitrogens with two attached hydrogens (primary N) is 1. The van der Waals surface area contributed by atoms with Crippen LogP contribution in [0, 0.1) is 5.92 Å². The van der Waals surface area contributed by atoms with Crippen molar-refractivity contribution in [2.75, 3.05) is 6.54 Å². The van der Waals surface area contributed by atoms with Gasteiger partial charge in [0.1, 0.15) is 5.76 Å². The van der Waals surface area contributed by atoms with E-state index >= 15 is 0 Å². The molecule has 0 aromatic carbocycles. The van der Waals surface area contributed by atoms with Crippen LogP contribution in [0.2, 0.25) is 0 Å². The van der Waals surface area contributed by atoms with Crippen LogP contribution in [0.5, 0.6) is 0 Å². The Morgan fingerprint density at radius 3 is 3.23 bits per heavy atom. The van der Waals surface area contributed by atoms with E-state index in [0.29, 0.717) is 12.5 Å². The molecule has 1 heterocycles. The molecule has 0 saturated heterocycles. The summed E-state index contributed by atoms with van der Waals surface area (Å²) in [7, 11) is 0. The molecule has 13 heavy (non-hydrogen) atoms. The maximum atomic E-state index is 9.75. The van der Waals surface area contributed by atoms with Crippen LogP contribution in [0.3, 0.4) is 0 Å². The zero-order valence-corrected chi connectivity index (χ0v) is 7.57. The van der Waals surface area contributed by atoms with Gasteiger partial charge >= 0.3 is 0 Å². The minimum Gasteiger partial charge on any atom is -0.469 e. The Balaban J connectivity index is 2.14. The van der Waals surface area contributed by atoms with Crippen molar-refractivity contribution in [3.8, 4) is 0 Å². The molecule has 0 aliphatic heterocycles. The molecule has 0 saturated carbocycles. The highest BCUT2D eigenvalue weighted by Gasteiger charge is 2.26. The van der Waals surface area contributed by atoms with Gasteiger partial charge in [-0.3, -0.25) is 0 Å². The lowest BCUT2D eigenvalue weighted by molar-refractivity contribution is 0.124. The van der Waals surface area contributed by atoms with E-state index in [-0.39, 0.29) is 6.10 Å². The summed E-state index contributed by atoms with van der Waals surface area (Å²) in [6.45, 7) is 0.688. The van der Waals surface area contributed by atoms with Crippen molar-refractivity contribution in [2.24, 2.45) is 11.7 Å². The van der Waals surface area contributed by atoms with Crippen molar-refractivity contribution >= 4 is 0 Å². The first-order valence-corrected chi connectivity index (χ1v) is 4.75. The van der Waals surface area contributed by atoms with Gasteiger partial charge in [0.25, 0.3) is 0 Å². The maximum Gasteiger partial charge on any atom is 0.109 e. The molecule has 2 unspecified atom stereocenters. The van der Waals surface area contributed by atoms with Crippen molar-refractivity contribution in [1.29, 1.82) is 0 Å². The zero-order chi connectivity index (χ0) is 9.26. The summed E-state index contributed by atoms with van der Waals surface area (Å²) in [6, 6.07) is 1.86. The van der Waals surface area contributed by atoms with Gasteiger partial charge < -0.3 is 15.3 Å². The summed E-state index contributed by atoms with van der Waals surface area (Å²) in [5, 5.41) is 9.75. The molecule has 0 bridgehead atoms. The first kappa shape index (κ1) is 8.78. The fourth-order valence-corrected chi connectivity index (χ4v) is 2.06. The smallest absolute Gasteiger partial charge is 0.109 e. The minimum absolute atomic E-state index is 0.348. The van der Waals surface area contributed by atoms with E-state index in [1.165, 1.54) is 0 Å². The third-order valence-electron chi connectivity index (χ3n) is 2.74. The summed E-state index contributed by atoms with van der Waals surface area (Å²) in [5.74, 6) is 1.43. The van der Waals surface area contributed by atoms with E-state index in [9.17, 15) is 5.11 Å². The summed E-state index contributed by atoms with van der Waals surface area (Å²) in [5.41, 5.74) is 6.45. The molecule has 0 amide bonds. The maximum absolute atomic E-state index is 9.75. The van der Waals surface area contributed by atoms with Gasteiger partial charge in [0.15, 0.2) is 0 Å². The number of furan rings is 1. The molecule has 2 rings (SSSR count). The van der Waals surface area contributed by atoms with Gasteiger partial charge in [-0.25, -0.2) is 0 Å². The van der Waals surface area contributed by atoms with Crippen molar-refractivity contribution in [1.82, 2.24) is 0 Å². The Morgan fingerprint density at radius 2 is 2.46 bits per heavy atom. The average Bonchev–Trinajstić information content (AvgIpc) is 2.53. The topological polar surface area (TPSA) is 59.4 Å². The second-order valence-corrected chi connectivity index (χ2v) is 3.70. The zero-order valence-electron chi connectivity index (χ0n) is 7.57. The molecule has 0 spiro atoms. The number of aliphatic hydroxyl groups excluding tert-OH is 1. The third kappa shape index (κ3) is 1.62. The Hall–Kier alpha value is -0.800. The lowest BCUT2D eigenvalue weighted by Crippen LogP contribution is -2.19. The molecule has 3 heteroatoms. The van der Waals surface area contributed by atoms with Crippen LogP contribution >= 0.6 is 0 Å². The fourth-order valence-electron chi connectivity index (χ4n) is 2.06.